The topological polar surface area (TPSA) is 36.3 Å². The lowest BCUT2D eigenvalue weighted by atomic mass is 9.90. The second-order valence-electron chi connectivity index (χ2n) is 4.86. The van der Waals surface area contributed by atoms with Gasteiger partial charge in [0.2, 0.25) is 0 Å². The highest BCUT2D eigenvalue weighted by atomic mass is 19.3. The third kappa shape index (κ3) is 2.14. The fraction of sp³-hybridized carbons (Fsp3) is 0.750. The van der Waals surface area contributed by atoms with Crippen LogP contribution >= 0.6 is 0 Å². The van der Waals surface area contributed by atoms with Crippen LogP contribution in [0, 0.1) is 0 Å². The number of nitrogens with zero attached hydrogens (tertiary/aromatic N) is 2. The molecule has 0 unspecified atom stereocenters. The molecule has 0 radical (unpaired) electrons. The van der Waals surface area contributed by atoms with Gasteiger partial charge < -0.3 is 9.47 Å². The summed E-state index contributed by atoms with van der Waals surface area (Å²) in [6.07, 6.45) is 2.46. The zero-order valence-corrected chi connectivity index (χ0v) is 10.0. The zero-order chi connectivity index (χ0) is 12.6. The Balaban J connectivity index is 1.64. The van der Waals surface area contributed by atoms with Gasteiger partial charge in [-0.3, -0.25) is 4.68 Å². The Kier molecular flexibility index (Phi) is 3.07. The Hall–Kier alpha value is -1.01. The Labute approximate surface area is 104 Å². The van der Waals surface area contributed by atoms with Crippen molar-refractivity contribution in [3.8, 4) is 0 Å². The summed E-state index contributed by atoms with van der Waals surface area (Å²) in [5, 5.41) is 3.93. The monoisotopic (exact) mass is 258 g/mol. The van der Waals surface area contributed by atoms with Crippen molar-refractivity contribution in [2.75, 3.05) is 13.2 Å². The molecule has 0 N–H and O–H groups in total. The minimum atomic E-state index is -2.50. The fourth-order valence-electron chi connectivity index (χ4n) is 2.77. The molecule has 1 aliphatic heterocycles. The lowest BCUT2D eigenvalue weighted by molar-refractivity contribution is -0.181. The molecule has 0 atom stereocenters. The summed E-state index contributed by atoms with van der Waals surface area (Å²) in [5.74, 6) is -0.408. The molecule has 3 rings (SSSR count). The van der Waals surface area contributed by atoms with E-state index in [2.05, 4.69) is 5.10 Å². The van der Waals surface area contributed by atoms with E-state index in [1.807, 2.05) is 0 Å². The number of halogens is 2. The first-order valence-electron chi connectivity index (χ1n) is 6.30. The molecule has 1 aromatic heterocycles. The molecule has 1 aromatic rings. The van der Waals surface area contributed by atoms with Crippen molar-refractivity contribution in [1.82, 2.24) is 9.78 Å². The summed E-state index contributed by atoms with van der Waals surface area (Å²) in [6.45, 7) is 1.31. The summed E-state index contributed by atoms with van der Waals surface area (Å²) in [6, 6.07) is 1.56. The van der Waals surface area contributed by atoms with Gasteiger partial charge in [-0.25, -0.2) is 8.78 Å². The van der Waals surface area contributed by atoms with Gasteiger partial charge in [0.25, 0.3) is 6.43 Å². The van der Waals surface area contributed by atoms with Gasteiger partial charge in [0.1, 0.15) is 5.69 Å². The second-order valence-corrected chi connectivity index (χ2v) is 4.86. The molecule has 4 nitrogen and oxygen atoms in total. The average Bonchev–Trinajstić information content (AvgIpc) is 3.00. The molecule has 1 saturated carbocycles. The van der Waals surface area contributed by atoms with Crippen LogP contribution in [0.25, 0.3) is 0 Å². The van der Waals surface area contributed by atoms with Gasteiger partial charge in [0.15, 0.2) is 5.79 Å². The SMILES string of the molecule is FC(F)c1ccn(C2CCC3(CC2)OCCO3)n1. The zero-order valence-electron chi connectivity index (χ0n) is 10.0. The Morgan fingerprint density at radius 3 is 2.50 bits per heavy atom. The summed E-state index contributed by atoms with van der Waals surface area (Å²) in [4.78, 5) is 0. The van der Waals surface area contributed by atoms with E-state index in [0.717, 1.165) is 25.7 Å². The van der Waals surface area contributed by atoms with E-state index in [-0.39, 0.29) is 11.7 Å². The fourth-order valence-corrected chi connectivity index (χ4v) is 2.77. The van der Waals surface area contributed by atoms with Crippen molar-refractivity contribution in [2.24, 2.45) is 0 Å². The first-order chi connectivity index (χ1) is 8.69. The molecule has 18 heavy (non-hydrogen) atoms. The van der Waals surface area contributed by atoms with Gasteiger partial charge in [-0.15, -0.1) is 0 Å². The summed E-state index contributed by atoms with van der Waals surface area (Å²) >= 11 is 0. The van der Waals surface area contributed by atoms with Crippen molar-refractivity contribution >= 4 is 0 Å². The molecule has 100 valence electrons. The van der Waals surface area contributed by atoms with E-state index < -0.39 is 12.2 Å². The van der Waals surface area contributed by atoms with Crippen LogP contribution in [0.1, 0.15) is 43.8 Å². The highest BCUT2D eigenvalue weighted by Gasteiger charge is 2.40. The van der Waals surface area contributed by atoms with E-state index in [1.54, 1.807) is 10.9 Å². The van der Waals surface area contributed by atoms with E-state index in [0.29, 0.717) is 13.2 Å². The van der Waals surface area contributed by atoms with Crippen LogP contribution in [0.2, 0.25) is 0 Å². The molecule has 2 aliphatic rings. The number of hydrogen-bond donors (Lipinski definition) is 0. The highest BCUT2D eigenvalue weighted by molar-refractivity contribution is 5.01. The Bertz CT molecular complexity index is 406. The molecular formula is C12H16F2N2O2. The van der Waals surface area contributed by atoms with Crippen LogP contribution in [-0.2, 0) is 9.47 Å². The molecule has 0 bridgehead atoms. The van der Waals surface area contributed by atoms with Crippen LogP contribution in [0.5, 0.6) is 0 Å². The van der Waals surface area contributed by atoms with Crippen LogP contribution in [0.4, 0.5) is 8.78 Å². The third-order valence-electron chi connectivity index (χ3n) is 3.76. The Morgan fingerprint density at radius 1 is 1.28 bits per heavy atom. The largest absolute Gasteiger partial charge is 0.348 e. The van der Waals surface area contributed by atoms with Crippen molar-refractivity contribution < 1.29 is 18.3 Å². The molecule has 2 fully saturated rings. The van der Waals surface area contributed by atoms with Crippen LogP contribution in [0.3, 0.4) is 0 Å². The van der Waals surface area contributed by atoms with E-state index in [1.165, 1.54) is 6.07 Å². The van der Waals surface area contributed by atoms with Gasteiger partial charge >= 0.3 is 0 Å². The van der Waals surface area contributed by atoms with Gasteiger partial charge in [-0.1, -0.05) is 0 Å². The molecule has 1 saturated heterocycles. The molecule has 1 aliphatic carbocycles. The minimum absolute atomic E-state index is 0.149. The molecule has 0 amide bonds. The summed E-state index contributed by atoms with van der Waals surface area (Å²) in [5.41, 5.74) is -0.149. The number of ether oxygens (including phenoxy) is 2. The molecule has 1 spiro atoms. The molecule has 2 heterocycles. The first kappa shape index (κ1) is 12.0. The van der Waals surface area contributed by atoms with Crippen molar-refractivity contribution in [2.45, 2.75) is 43.9 Å². The molecular weight excluding hydrogens is 242 g/mol. The van der Waals surface area contributed by atoms with E-state index in [9.17, 15) is 8.78 Å². The maximum atomic E-state index is 12.5. The number of hydrogen-bond acceptors (Lipinski definition) is 3. The summed E-state index contributed by atoms with van der Waals surface area (Å²) < 4.78 is 37.9. The van der Waals surface area contributed by atoms with Gasteiger partial charge in [-0.2, -0.15) is 5.10 Å². The number of alkyl halides is 2. The maximum Gasteiger partial charge on any atom is 0.282 e. The van der Waals surface area contributed by atoms with E-state index in [4.69, 9.17) is 9.47 Å². The van der Waals surface area contributed by atoms with Gasteiger partial charge in [0, 0.05) is 19.0 Å². The van der Waals surface area contributed by atoms with E-state index >= 15 is 0 Å². The molecule has 0 aromatic carbocycles. The van der Waals surface area contributed by atoms with Gasteiger partial charge in [-0.05, 0) is 18.9 Å². The summed E-state index contributed by atoms with van der Waals surface area (Å²) in [7, 11) is 0. The predicted octanol–water partition coefficient (Wildman–Crippen LogP) is 2.68. The predicted molar refractivity (Wildman–Crippen MR) is 59.3 cm³/mol. The van der Waals surface area contributed by atoms with Crippen LogP contribution < -0.4 is 0 Å². The quantitative estimate of drug-likeness (QED) is 0.818. The van der Waals surface area contributed by atoms with Crippen molar-refractivity contribution in [3.05, 3.63) is 18.0 Å². The normalized spacial score (nSPS) is 24.2. The van der Waals surface area contributed by atoms with Gasteiger partial charge in [0.05, 0.1) is 19.3 Å². The second kappa shape index (κ2) is 4.59. The van der Waals surface area contributed by atoms with Crippen molar-refractivity contribution in [3.63, 3.8) is 0 Å². The first-order valence-corrected chi connectivity index (χ1v) is 6.30. The number of aromatic nitrogens is 2. The number of rotatable bonds is 2. The lowest BCUT2D eigenvalue weighted by Gasteiger charge is -2.35. The average molecular weight is 258 g/mol. The van der Waals surface area contributed by atoms with Crippen LogP contribution in [0.15, 0.2) is 12.3 Å². The minimum Gasteiger partial charge on any atom is -0.348 e. The van der Waals surface area contributed by atoms with Crippen LogP contribution in [-0.4, -0.2) is 28.8 Å². The third-order valence-corrected chi connectivity index (χ3v) is 3.76. The maximum absolute atomic E-state index is 12.5. The highest BCUT2D eigenvalue weighted by Crippen LogP contribution is 2.40. The smallest absolute Gasteiger partial charge is 0.282 e. The van der Waals surface area contributed by atoms with Crippen molar-refractivity contribution in [1.29, 1.82) is 0 Å². The lowest BCUT2D eigenvalue weighted by Crippen LogP contribution is -2.35. The molecule has 6 heteroatoms. The Morgan fingerprint density at radius 2 is 1.94 bits per heavy atom. The standard InChI is InChI=1S/C12H16F2N2O2/c13-11(14)10-3-6-16(15-10)9-1-4-12(5-2-9)17-7-8-18-12/h3,6,9,11H,1-2,4-5,7-8H2.